The maximum Gasteiger partial charge on any atom is 0.263 e. The first-order valence-electron chi connectivity index (χ1n) is 9.95. The Morgan fingerprint density at radius 2 is 1.97 bits per heavy atom. The fourth-order valence-electron chi connectivity index (χ4n) is 2.87. The second kappa shape index (κ2) is 9.35. The van der Waals surface area contributed by atoms with Gasteiger partial charge in [-0.3, -0.25) is 9.52 Å². The van der Waals surface area contributed by atoms with Crippen molar-refractivity contribution in [1.82, 2.24) is 20.3 Å². The number of hydrogen-bond donors (Lipinski definition) is 2. The van der Waals surface area contributed by atoms with Crippen LogP contribution in [0.5, 0.6) is 5.88 Å². The molecule has 1 saturated carbocycles. The van der Waals surface area contributed by atoms with Crippen LogP contribution in [-0.4, -0.2) is 41.1 Å². The number of anilines is 1. The molecule has 0 atom stereocenters. The van der Waals surface area contributed by atoms with Crippen molar-refractivity contribution in [3.05, 3.63) is 52.8 Å². The normalized spacial score (nSPS) is 13.5. The molecule has 0 bridgehead atoms. The van der Waals surface area contributed by atoms with Gasteiger partial charge in [0.15, 0.2) is 11.6 Å². The minimum atomic E-state index is -3.64. The molecular formula is C20H19F2N5O4S2. The number of rotatable bonds is 9. The highest BCUT2D eigenvalue weighted by atomic mass is 32.2. The average Bonchev–Trinajstić information content (AvgIpc) is 3.54. The predicted octanol–water partition coefficient (Wildman–Crippen LogP) is 3.11. The van der Waals surface area contributed by atoms with Gasteiger partial charge in [-0.15, -0.1) is 11.3 Å². The monoisotopic (exact) mass is 495 g/mol. The van der Waals surface area contributed by atoms with Gasteiger partial charge in [-0.25, -0.2) is 32.2 Å². The third-order valence-corrected chi connectivity index (χ3v) is 7.52. The van der Waals surface area contributed by atoms with Crippen molar-refractivity contribution < 1.29 is 26.7 Å². The first kappa shape index (κ1) is 23.0. The molecule has 13 heteroatoms. The number of nitrogens with one attached hydrogen (secondary N) is 2. The molecule has 0 radical (unpaired) electrons. The molecule has 1 amide bonds. The first-order chi connectivity index (χ1) is 15.8. The highest BCUT2D eigenvalue weighted by Gasteiger charge is 2.36. The molecule has 0 aliphatic heterocycles. The van der Waals surface area contributed by atoms with Gasteiger partial charge < -0.3 is 10.1 Å². The van der Waals surface area contributed by atoms with Crippen LogP contribution in [-0.2, 0) is 16.6 Å². The standard InChI is InChI=1S/C20H19F2N5O4S2/c1-2-31-17-10-23-15(8-24-17)20-26-9-16(32-20)19(28)25-7-11-5-12(6-14(21)18(11)22)27-33(29,30)13-3-4-13/h5-6,8-10,13,27H,2-4,7H2,1H3,(H,25,28). The van der Waals surface area contributed by atoms with E-state index in [9.17, 15) is 22.0 Å². The Morgan fingerprint density at radius 3 is 2.64 bits per heavy atom. The summed E-state index contributed by atoms with van der Waals surface area (Å²) in [4.78, 5) is 25.2. The van der Waals surface area contributed by atoms with E-state index in [1.807, 2.05) is 6.92 Å². The van der Waals surface area contributed by atoms with Crippen LogP contribution < -0.4 is 14.8 Å². The van der Waals surface area contributed by atoms with Gasteiger partial charge in [-0.05, 0) is 25.8 Å². The number of carbonyl (C=O) groups excluding carboxylic acids is 1. The second-order valence-electron chi connectivity index (χ2n) is 7.16. The SMILES string of the molecule is CCOc1cnc(-c2ncc(C(=O)NCc3cc(NS(=O)(=O)C4CC4)cc(F)c3F)s2)cn1. The van der Waals surface area contributed by atoms with Crippen LogP contribution in [0.25, 0.3) is 10.7 Å². The number of thiazole rings is 1. The topological polar surface area (TPSA) is 123 Å². The fraction of sp³-hybridized carbons (Fsp3) is 0.300. The Kier molecular flexibility index (Phi) is 6.51. The Bertz CT molecular complexity index is 1280. The smallest absolute Gasteiger partial charge is 0.263 e. The Labute approximate surface area is 192 Å². The molecule has 0 unspecified atom stereocenters. The number of halogens is 2. The van der Waals surface area contributed by atoms with Crippen LogP contribution in [0.4, 0.5) is 14.5 Å². The van der Waals surface area contributed by atoms with E-state index in [1.165, 1.54) is 18.6 Å². The zero-order chi connectivity index (χ0) is 23.6. The number of hydrogen-bond acceptors (Lipinski definition) is 8. The van der Waals surface area contributed by atoms with Gasteiger partial charge in [0.1, 0.15) is 15.6 Å². The number of sulfonamides is 1. The summed E-state index contributed by atoms with van der Waals surface area (Å²) in [7, 11) is -3.64. The summed E-state index contributed by atoms with van der Waals surface area (Å²) in [5.41, 5.74) is 0.157. The molecule has 9 nitrogen and oxygen atoms in total. The molecule has 0 spiro atoms. The minimum absolute atomic E-state index is 0.0980. The summed E-state index contributed by atoms with van der Waals surface area (Å²) in [5.74, 6) is -2.57. The Balaban J connectivity index is 1.43. The van der Waals surface area contributed by atoms with Gasteiger partial charge in [-0.2, -0.15) is 0 Å². The number of nitrogens with zero attached hydrogens (tertiary/aromatic N) is 3. The van der Waals surface area contributed by atoms with Gasteiger partial charge >= 0.3 is 0 Å². The van der Waals surface area contributed by atoms with Crippen molar-refractivity contribution in [2.75, 3.05) is 11.3 Å². The molecule has 3 aromatic rings. The zero-order valence-electron chi connectivity index (χ0n) is 17.3. The molecule has 1 aliphatic rings. The second-order valence-corrected chi connectivity index (χ2v) is 10.2. The molecule has 1 aromatic carbocycles. The first-order valence-corrected chi connectivity index (χ1v) is 12.3. The molecule has 2 aromatic heterocycles. The van der Waals surface area contributed by atoms with E-state index in [0.29, 0.717) is 36.0 Å². The highest BCUT2D eigenvalue weighted by molar-refractivity contribution is 7.93. The van der Waals surface area contributed by atoms with E-state index < -0.39 is 32.8 Å². The number of amides is 1. The van der Waals surface area contributed by atoms with Crippen molar-refractivity contribution in [3.63, 3.8) is 0 Å². The van der Waals surface area contributed by atoms with E-state index in [0.717, 1.165) is 23.5 Å². The molecule has 1 fully saturated rings. The lowest BCUT2D eigenvalue weighted by molar-refractivity contribution is 0.0954. The van der Waals surface area contributed by atoms with Gasteiger partial charge in [0.2, 0.25) is 15.9 Å². The molecular weight excluding hydrogens is 476 g/mol. The zero-order valence-corrected chi connectivity index (χ0v) is 19.0. The van der Waals surface area contributed by atoms with Crippen LogP contribution in [0.1, 0.15) is 35.0 Å². The molecule has 4 rings (SSSR count). The van der Waals surface area contributed by atoms with Crippen LogP contribution in [0.15, 0.2) is 30.7 Å². The molecule has 2 heterocycles. The van der Waals surface area contributed by atoms with E-state index in [1.54, 1.807) is 0 Å². The van der Waals surface area contributed by atoms with Crippen molar-refractivity contribution in [1.29, 1.82) is 0 Å². The van der Waals surface area contributed by atoms with E-state index in [-0.39, 0.29) is 22.7 Å². The van der Waals surface area contributed by atoms with Gasteiger partial charge in [-0.1, -0.05) is 0 Å². The third-order valence-electron chi connectivity index (χ3n) is 4.64. The quantitative estimate of drug-likeness (QED) is 0.468. The number of benzene rings is 1. The molecule has 0 saturated heterocycles. The third kappa shape index (κ3) is 5.42. The van der Waals surface area contributed by atoms with Crippen molar-refractivity contribution in [2.45, 2.75) is 31.6 Å². The Morgan fingerprint density at radius 1 is 1.18 bits per heavy atom. The van der Waals surface area contributed by atoms with Crippen LogP contribution in [0.2, 0.25) is 0 Å². The van der Waals surface area contributed by atoms with Crippen molar-refractivity contribution >= 4 is 33.0 Å². The number of ether oxygens (including phenoxy) is 1. The summed E-state index contributed by atoms with van der Waals surface area (Å²) in [6.45, 7) is 1.93. The minimum Gasteiger partial charge on any atom is -0.477 e. The van der Waals surface area contributed by atoms with Crippen LogP contribution in [0.3, 0.4) is 0 Å². The predicted molar refractivity (Wildman–Crippen MR) is 117 cm³/mol. The van der Waals surface area contributed by atoms with Crippen molar-refractivity contribution in [2.24, 2.45) is 0 Å². The lowest BCUT2D eigenvalue weighted by Crippen LogP contribution is -2.23. The molecule has 174 valence electrons. The van der Waals surface area contributed by atoms with Gasteiger partial charge in [0.25, 0.3) is 5.91 Å². The molecule has 2 N–H and O–H groups in total. The summed E-state index contributed by atoms with van der Waals surface area (Å²) in [6, 6.07) is 1.93. The summed E-state index contributed by atoms with van der Waals surface area (Å²) in [6.07, 6.45) is 5.31. The highest BCUT2D eigenvalue weighted by Crippen LogP contribution is 2.30. The number of aromatic nitrogens is 3. The van der Waals surface area contributed by atoms with Gasteiger partial charge in [0, 0.05) is 18.2 Å². The maximum atomic E-state index is 14.2. The lowest BCUT2D eigenvalue weighted by Gasteiger charge is -2.11. The van der Waals surface area contributed by atoms with Crippen molar-refractivity contribution in [3.8, 4) is 16.6 Å². The number of carbonyl (C=O) groups is 1. The van der Waals surface area contributed by atoms with Gasteiger partial charge in [0.05, 0.1) is 36.1 Å². The molecule has 1 aliphatic carbocycles. The lowest BCUT2D eigenvalue weighted by atomic mass is 10.2. The maximum absolute atomic E-state index is 14.2. The van der Waals surface area contributed by atoms with E-state index >= 15 is 0 Å². The van der Waals surface area contributed by atoms with E-state index in [2.05, 4.69) is 25.0 Å². The van der Waals surface area contributed by atoms with Crippen LogP contribution >= 0.6 is 11.3 Å². The largest absolute Gasteiger partial charge is 0.477 e. The molecule has 33 heavy (non-hydrogen) atoms. The summed E-state index contributed by atoms with van der Waals surface area (Å²) < 4.78 is 59.8. The summed E-state index contributed by atoms with van der Waals surface area (Å²) in [5, 5.41) is 2.42. The summed E-state index contributed by atoms with van der Waals surface area (Å²) >= 11 is 1.05. The Hall–Kier alpha value is -3.19. The fourth-order valence-corrected chi connectivity index (χ4v) is 5.03. The average molecular weight is 496 g/mol. The van der Waals surface area contributed by atoms with Crippen LogP contribution in [0, 0.1) is 11.6 Å². The van der Waals surface area contributed by atoms with E-state index in [4.69, 9.17) is 4.74 Å².